The quantitative estimate of drug-likeness (QED) is 0.739. The Bertz CT molecular complexity index is 749. The van der Waals surface area contributed by atoms with E-state index in [9.17, 15) is 9.59 Å². The largest absolute Gasteiger partial charge is 0.476 e. The predicted octanol–water partition coefficient (Wildman–Crippen LogP) is 0.371. The number of aryl methyl sites for hydroxylation is 2. The number of hydrogen-bond acceptors (Lipinski definition) is 6. The first-order valence-electron chi connectivity index (χ1n) is 7.61. The first kappa shape index (κ1) is 15.2. The molecule has 0 spiro atoms. The van der Waals surface area contributed by atoms with Crippen LogP contribution in [0.2, 0.25) is 0 Å². The van der Waals surface area contributed by atoms with E-state index in [-0.39, 0.29) is 11.4 Å². The van der Waals surface area contributed by atoms with Crippen molar-refractivity contribution in [1.82, 2.24) is 24.3 Å². The summed E-state index contributed by atoms with van der Waals surface area (Å²) in [4.78, 5) is 30.6. The summed E-state index contributed by atoms with van der Waals surface area (Å²) in [6, 6.07) is 0. The molecule has 23 heavy (non-hydrogen) atoms. The molecule has 0 unspecified atom stereocenters. The number of fused-ring (bicyclic) bond motifs is 1. The van der Waals surface area contributed by atoms with Crippen LogP contribution in [0, 0.1) is 0 Å². The first-order valence-corrected chi connectivity index (χ1v) is 7.61. The predicted molar refractivity (Wildman–Crippen MR) is 81.5 cm³/mol. The van der Waals surface area contributed by atoms with E-state index in [1.54, 1.807) is 4.57 Å². The third-order valence-electron chi connectivity index (χ3n) is 3.76. The first-order chi connectivity index (χ1) is 11.1. The van der Waals surface area contributed by atoms with E-state index in [1.807, 2.05) is 0 Å². The molecular formula is C14H18N6O3. The zero-order chi connectivity index (χ0) is 16.2. The zero-order valence-electron chi connectivity index (χ0n) is 12.6. The fraction of sp³-hybridized carbons (Fsp3) is 0.500. The van der Waals surface area contributed by atoms with Gasteiger partial charge in [-0.2, -0.15) is 5.10 Å². The summed E-state index contributed by atoms with van der Waals surface area (Å²) >= 11 is 0. The van der Waals surface area contributed by atoms with E-state index < -0.39 is 5.97 Å². The number of carboxylic acid groups (broad SMARTS) is 1. The van der Waals surface area contributed by atoms with Gasteiger partial charge in [-0.3, -0.25) is 4.57 Å². The summed E-state index contributed by atoms with van der Waals surface area (Å²) in [5, 5.41) is 16.2. The molecule has 0 bridgehead atoms. The van der Waals surface area contributed by atoms with Crippen LogP contribution in [-0.2, 0) is 19.5 Å². The van der Waals surface area contributed by atoms with Crippen LogP contribution in [-0.4, -0.2) is 41.9 Å². The molecule has 0 aromatic carbocycles. The summed E-state index contributed by atoms with van der Waals surface area (Å²) in [6.07, 6.45) is 6.28. The number of nitrogens with one attached hydrogen (secondary N) is 1. The minimum atomic E-state index is -1.10. The molecule has 0 saturated carbocycles. The highest BCUT2D eigenvalue weighted by Crippen LogP contribution is 2.09. The fourth-order valence-electron chi connectivity index (χ4n) is 2.57. The standard InChI is InChI=1S/C14H18N6O3/c21-13(22)10-8-17-11(9-16-10)15-5-3-7-20-14(23)19-6-2-1-4-12(19)18-20/h8-9H,1-7H2,(H,15,17)(H,21,22). The summed E-state index contributed by atoms with van der Waals surface area (Å²) in [5.41, 5.74) is -0.129. The fourth-order valence-corrected chi connectivity index (χ4v) is 2.57. The van der Waals surface area contributed by atoms with Crippen LogP contribution < -0.4 is 11.0 Å². The number of nitrogens with zero attached hydrogens (tertiary/aromatic N) is 5. The van der Waals surface area contributed by atoms with Crippen molar-refractivity contribution in [2.24, 2.45) is 0 Å². The molecule has 122 valence electrons. The second-order valence-electron chi connectivity index (χ2n) is 5.40. The summed E-state index contributed by atoms with van der Waals surface area (Å²) in [6.45, 7) is 1.89. The Balaban J connectivity index is 1.51. The number of carboxylic acids is 1. The Morgan fingerprint density at radius 3 is 2.87 bits per heavy atom. The Labute approximate surface area is 132 Å². The normalized spacial score (nSPS) is 13.6. The van der Waals surface area contributed by atoms with Crippen molar-refractivity contribution in [2.75, 3.05) is 11.9 Å². The van der Waals surface area contributed by atoms with Crippen molar-refractivity contribution >= 4 is 11.8 Å². The van der Waals surface area contributed by atoms with Crippen molar-refractivity contribution in [1.29, 1.82) is 0 Å². The van der Waals surface area contributed by atoms with Crippen LogP contribution in [0.4, 0.5) is 5.82 Å². The summed E-state index contributed by atoms with van der Waals surface area (Å²) in [5.74, 6) is 0.281. The van der Waals surface area contributed by atoms with E-state index in [0.29, 0.717) is 25.3 Å². The van der Waals surface area contributed by atoms with Gasteiger partial charge >= 0.3 is 11.7 Å². The molecule has 0 radical (unpaired) electrons. The molecule has 0 atom stereocenters. The van der Waals surface area contributed by atoms with E-state index in [2.05, 4.69) is 20.4 Å². The summed E-state index contributed by atoms with van der Waals surface area (Å²) in [7, 11) is 0. The van der Waals surface area contributed by atoms with Crippen molar-refractivity contribution in [3.8, 4) is 0 Å². The SMILES string of the molecule is O=C(O)c1cnc(NCCCn2nc3n(c2=O)CCCC3)cn1. The lowest BCUT2D eigenvalue weighted by atomic mass is 10.2. The van der Waals surface area contributed by atoms with Gasteiger partial charge < -0.3 is 10.4 Å². The third-order valence-corrected chi connectivity index (χ3v) is 3.76. The van der Waals surface area contributed by atoms with Crippen LogP contribution >= 0.6 is 0 Å². The number of carbonyl (C=O) groups is 1. The average Bonchev–Trinajstić information content (AvgIpc) is 2.89. The molecule has 2 aromatic heterocycles. The zero-order valence-corrected chi connectivity index (χ0v) is 12.6. The average molecular weight is 318 g/mol. The van der Waals surface area contributed by atoms with Gasteiger partial charge in [0, 0.05) is 26.1 Å². The lowest BCUT2D eigenvalue weighted by Crippen LogP contribution is -2.27. The topological polar surface area (TPSA) is 115 Å². The Morgan fingerprint density at radius 2 is 2.17 bits per heavy atom. The van der Waals surface area contributed by atoms with Crippen molar-refractivity contribution in [2.45, 2.75) is 38.8 Å². The van der Waals surface area contributed by atoms with Crippen LogP contribution in [0.25, 0.3) is 0 Å². The molecular weight excluding hydrogens is 300 g/mol. The Morgan fingerprint density at radius 1 is 1.30 bits per heavy atom. The number of aromatic nitrogens is 5. The highest BCUT2D eigenvalue weighted by molar-refractivity contribution is 5.84. The minimum Gasteiger partial charge on any atom is -0.476 e. The van der Waals surface area contributed by atoms with E-state index in [4.69, 9.17) is 5.11 Å². The van der Waals surface area contributed by atoms with Gasteiger partial charge in [-0.25, -0.2) is 24.2 Å². The summed E-state index contributed by atoms with van der Waals surface area (Å²) < 4.78 is 3.27. The van der Waals surface area contributed by atoms with Gasteiger partial charge in [-0.05, 0) is 19.3 Å². The highest BCUT2D eigenvalue weighted by Gasteiger charge is 2.16. The maximum absolute atomic E-state index is 12.1. The van der Waals surface area contributed by atoms with Gasteiger partial charge in [-0.15, -0.1) is 0 Å². The third kappa shape index (κ3) is 3.38. The van der Waals surface area contributed by atoms with Gasteiger partial charge in [0.1, 0.15) is 11.6 Å². The van der Waals surface area contributed by atoms with Gasteiger partial charge in [0.25, 0.3) is 0 Å². The van der Waals surface area contributed by atoms with Gasteiger partial charge in [-0.1, -0.05) is 0 Å². The molecule has 1 aliphatic rings. The molecule has 9 heteroatoms. The molecule has 9 nitrogen and oxygen atoms in total. The second kappa shape index (κ2) is 6.59. The van der Waals surface area contributed by atoms with Crippen LogP contribution in [0.5, 0.6) is 0 Å². The lowest BCUT2D eigenvalue weighted by molar-refractivity contribution is 0.0690. The van der Waals surface area contributed by atoms with Crippen molar-refractivity contribution in [3.05, 3.63) is 34.4 Å². The molecule has 2 N–H and O–H groups in total. The molecule has 1 aliphatic heterocycles. The number of anilines is 1. The molecule has 3 heterocycles. The highest BCUT2D eigenvalue weighted by atomic mass is 16.4. The maximum atomic E-state index is 12.1. The van der Waals surface area contributed by atoms with Gasteiger partial charge in [0.05, 0.1) is 12.4 Å². The van der Waals surface area contributed by atoms with E-state index in [1.165, 1.54) is 17.1 Å². The van der Waals surface area contributed by atoms with Crippen LogP contribution in [0.15, 0.2) is 17.2 Å². The second-order valence-corrected chi connectivity index (χ2v) is 5.40. The monoisotopic (exact) mass is 318 g/mol. The maximum Gasteiger partial charge on any atom is 0.356 e. The Hall–Kier alpha value is -2.71. The molecule has 3 rings (SSSR count). The van der Waals surface area contributed by atoms with Gasteiger partial charge in [0.15, 0.2) is 5.69 Å². The molecule has 2 aromatic rings. The van der Waals surface area contributed by atoms with E-state index in [0.717, 1.165) is 31.6 Å². The van der Waals surface area contributed by atoms with E-state index >= 15 is 0 Å². The molecule has 0 saturated heterocycles. The van der Waals surface area contributed by atoms with Crippen LogP contribution in [0.1, 0.15) is 35.6 Å². The lowest BCUT2D eigenvalue weighted by Gasteiger charge is -2.09. The number of aromatic carboxylic acids is 1. The number of hydrogen-bond donors (Lipinski definition) is 2. The smallest absolute Gasteiger partial charge is 0.356 e. The van der Waals surface area contributed by atoms with Crippen molar-refractivity contribution in [3.63, 3.8) is 0 Å². The van der Waals surface area contributed by atoms with Crippen molar-refractivity contribution < 1.29 is 9.90 Å². The van der Waals surface area contributed by atoms with Gasteiger partial charge in [0.2, 0.25) is 0 Å². The Kier molecular flexibility index (Phi) is 4.35. The molecule has 0 amide bonds. The van der Waals surface area contributed by atoms with Crippen LogP contribution in [0.3, 0.4) is 0 Å². The minimum absolute atomic E-state index is 0.0368. The molecule has 0 aliphatic carbocycles. The molecule has 0 fully saturated rings. The number of rotatable bonds is 6.